The Balaban J connectivity index is 2.98. The highest BCUT2D eigenvalue weighted by Gasteiger charge is 2.18. The van der Waals surface area contributed by atoms with E-state index in [9.17, 15) is 14.9 Å². The van der Waals surface area contributed by atoms with Crippen molar-refractivity contribution in [2.45, 2.75) is 32.7 Å². The molecule has 1 atom stereocenters. The van der Waals surface area contributed by atoms with Crippen molar-refractivity contribution in [1.29, 1.82) is 0 Å². The summed E-state index contributed by atoms with van der Waals surface area (Å²) in [6, 6.07) is 4.21. The number of benzene rings is 1. The molecule has 1 aromatic rings. The predicted octanol–water partition coefficient (Wildman–Crippen LogP) is 1.92. The van der Waals surface area contributed by atoms with Gasteiger partial charge >= 0.3 is 0 Å². The van der Waals surface area contributed by atoms with Gasteiger partial charge in [0.05, 0.1) is 4.92 Å². The van der Waals surface area contributed by atoms with Crippen LogP contribution in [0.4, 0.5) is 11.4 Å². The van der Waals surface area contributed by atoms with Crippen LogP contribution < -0.4 is 10.6 Å². The monoisotopic (exact) mass is 295 g/mol. The molecule has 0 saturated heterocycles. The van der Waals surface area contributed by atoms with Crippen LogP contribution in [-0.2, 0) is 0 Å². The van der Waals surface area contributed by atoms with Crippen molar-refractivity contribution in [3.63, 3.8) is 0 Å². The molecule has 0 fully saturated rings. The highest BCUT2D eigenvalue weighted by Crippen LogP contribution is 2.26. The molecule has 0 bridgehead atoms. The molecule has 116 valence electrons. The number of hydrogen-bond donors (Lipinski definition) is 3. The first-order valence-electron chi connectivity index (χ1n) is 6.93. The van der Waals surface area contributed by atoms with Gasteiger partial charge in [-0.2, -0.15) is 0 Å². The molecule has 0 aliphatic carbocycles. The van der Waals surface area contributed by atoms with Crippen molar-refractivity contribution >= 4 is 17.3 Å². The standard InChI is InChI=1S/C14H21N3O4/c1-3-15-14(19)11-6-7-13(17(20)21)12(9-11)16-10(2)5-4-8-18/h6-7,9-10,16,18H,3-5,8H2,1-2H3,(H,15,19). The lowest BCUT2D eigenvalue weighted by Crippen LogP contribution is -2.23. The maximum Gasteiger partial charge on any atom is 0.292 e. The normalized spacial score (nSPS) is 11.8. The van der Waals surface area contributed by atoms with Gasteiger partial charge in [-0.25, -0.2) is 0 Å². The van der Waals surface area contributed by atoms with Crippen LogP contribution in [0.1, 0.15) is 37.0 Å². The van der Waals surface area contributed by atoms with Crippen LogP contribution in [0.3, 0.4) is 0 Å². The molecule has 1 aromatic carbocycles. The van der Waals surface area contributed by atoms with Crippen LogP contribution >= 0.6 is 0 Å². The van der Waals surface area contributed by atoms with Crippen molar-refractivity contribution in [1.82, 2.24) is 5.32 Å². The Bertz CT molecular complexity index is 505. The Hall–Kier alpha value is -2.15. The number of hydrogen-bond acceptors (Lipinski definition) is 5. The fourth-order valence-corrected chi connectivity index (χ4v) is 1.95. The number of nitrogens with one attached hydrogen (secondary N) is 2. The number of nitro groups is 1. The average Bonchev–Trinajstić information content (AvgIpc) is 2.45. The van der Waals surface area contributed by atoms with E-state index in [2.05, 4.69) is 10.6 Å². The van der Waals surface area contributed by atoms with E-state index >= 15 is 0 Å². The Morgan fingerprint density at radius 1 is 1.48 bits per heavy atom. The number of aliphatic hydroxyl groups is 1. The zero-order chi connectivity index (χ0) is 15.8. The summed E-state index contributed by atoms with van der Waals surface area (Å²) in [6.07, 6.45) is 1.29. The van der Waals surface area contributed by atoms with Crippen LogP contribution in [0, 0.1) is 10.1 Å². The van der Waals surface area contributed by atoms with Crippen molar-refractivity contribution in [3.8, 4) is 0 Å². The van der Waals surface area contributed by atoms with Crippen LogP contribution in [0.25, 0.3) is 0 Å². The fourth-order valence-electron chi connectivity index (χ4n) is 1.95. The largest absolute Gasteiger partial charge is 0.396 e. The number of carbonyl (C=O) groups excluding carboxylic acids is 1. The summed E-state index contributed by atoms with van der Waals surface area (Å²) in [5.74, 6) is -0.265. The van der Waals surface area contributed by atoms with Crippen molar-refractivity contribution in [2.75, 3.05) is 18.5 Å². The van der Waals surface area contributed by atoms with Crippen LogP contribution in [0.2, 0.25) is 0 Å². The molecule has 21 heavy (non-hydrogen) atoms. The molecule has 1 rings (SSSR count). The van der Waals surface area contributed by atoms with E-state index in [1.165, 1.54) is 18.2 Å². The number of rotatable bonds is 8. The quantitative estimate of drug-likeness (QED) is 0.502. The van der Waals surface area contributed by atoms with Gasteiger partial charge in [-0.05, 0) is 38.8 Å². The van der Waals surface area contributed by atoms with E-state index in [0.717, 1.165) is 0 Å². The van der Waals surface area contributed by atoms with E-state index < -0.39 is 4.92 Å². The zero-order valence-corrected chi connectivity index (χ0v) is 12.3. The first-order chi connectivity index (χ1) is 9.99. The van der Waals surface area contributed by atoms with Gasteiger partial charge in [0.1, 0.15) is 5.69 Å². The minimum atomic E-state index is -0.484. The molecule has 0 aliphatic rings. The minimum Gasteiger partial charge on any atom is -0.396 e. The van der Waals surface area contributed by atoms with Crippen molar-refractivity contribution in [3.05, 3.63) is 33.9 Å². The number of anilines is 1. The minimum absolute atomic E-state index is 0.0414. The number of nitro benzene ring substituents is 1. The van der Waals surface area contributed by atoms with Crippen LogP contribution in [-0.4, -0.2) is 35.1 Å². The molecule has 1 unspecified atom stereocenters. The number of nitrogens with zero attached hydrogens (tertiary/aromatic N) is 1. The summed E-state index contributed by atoms with van der Waals surface area (Å²) in [6.45, 7) is 4.25. The number of aliphatic hydroxyl groups excluding tert-OH is 1. The van der Waals surface area contributed by atoms with Crippen LogP contribution in [0.15, 0.2) is 18.2 Å². The second-order valence-corrected chi connectivity index (χ2v) is 4.76. The lowest BCUT2D eigenvalue weighted by molar-refractivity contribution is -0.384. The smallest absolute Gasteiger partial charge is 0.292 e. The third-order valence-corrected chi connectivity index (χ3v) is 2.99. The Morgan fingerprint density at radius 3 is 2.76 bits per heavy atom. The van der Waals surface area contributed by atoms with Gasteiger partial charge in [-0.1, -0.05) is 0 Å². The second kappa shape index (κ2) is 8.21. The molecule has 1 amide bonds. The van der Waals surface area contributed by atoms with Gasteiger partial charge in [0.2, 0.25) is 0 Å². The van der Waals surface area contributed by atoms with Gasteiger partial charge in [0.25, 0.3) is 11.6 Å². The van der Waals surface area contributed by atoms with E-state index in [1.807, 2.05) is 6.92 Å². The van der Waals surface area contributed by atoms with E-state index in [0.29, 0.717) is 30.6 Å². The topological polar surface area (TPSA) is 104 Å². The van der Waals surface area contributed by atoms with Gasteiger partial charge in [-0.15, -0.1) is 0 Å². The Labute approximate surface area is 123 Å². The maximum absolute atomic E-state index is 11.8. The predicted molar refractivity (Wildman–Crippen MR) is 80.5 cm³/mol. The first-order valence-corrected chi connectivity index (χ1v) is 6.93. The molecule has 0 spiro atoms. The molecule has 0 aliphatic heterocycles. The molecular weight excluding hydrogens is 274 g/mol. The van der Waals surface area contributed by atoms with Gasteiger partial charge in [0, 0.05) is 30.8 Å². The van der Waals surface area contributed by atoms with Crippen LogP contribution in [0.5, 0.6) is 0 Å². The third kappa shape index (κ3) is 5.03. The summed E-state index contributed by atoms with van der Waals surface area (Å²) >= 11 is 0. The molecule has 3 N–H and O–H groups in total. The third-order valence-electron chi connectivity index (χ3n) is 2.99. The number of carbonyl (C=O) groups is 1. The van der Waals surface area contributed by atoms with Gasteiger partial charge in [-0.3, -0.25) is 14.9 Å². The second-order valence-electron chi connectivity index (χ2n) is 4.76. The van der Waals surface area contributed by atoms with Crippen molar-refractivity contribution < 1.29 is 14.8 Å². The summed E-state index contributed by atoms with van der Waals surface area (Å²) < 4.78 is 0. The number of amides is 1. The average molecular weight is 295 g/mol. The summed E-state index contributed by atoms with van der Waals surface area (Å²) in [5.41, 5.74) is 0.618. The summed E-state index contributed by atoms with van der Waals surface area (Å²) in [7, 11) is 0. The van der Waals surface area contributed by atoms with E-state index in [-0.39, 0.29) is 24.2 Å². The Morgan fingerprint density at radius 2 is 2.19 bits per heavy atom. The summed E-state index contributed by atoms with van der Waals surface area (Å²) in [5, 5.41) is 25.5. The maximum atomic E-state index is 11.8. The fraction of sp³-hybridized carbons (Fsp3) is 0.500. The van der Waals surface area contributed by atoms with Gasteiger partial charge in [0.15, 0.2) is 0 Å². The highest BCUT2D eigenvalue weighted by atomic mass is 16.6. The van der Waals surface area contributed by atoms with E-state index in [1.54, 1.807) is 6.92 Å². The van der Waals surface area contributed by atoms with Gasteiger partial charge < -0.3 is 15.7 Å². The molecule has 0 heterocycles. The molecule has 0 aromatic heterocycles. The molecule has 0 saturated carbocycles. The lowest BCUT2D eigenvalue weighted by Gasteiger charge is -2.15. The molecule has 7 nitrogen and oxygen atoms in total. The molecule has 0 radical (unpaired) electrons. The molecule has 7 heteroatoms. The van der Waals surface area contributed by atoms with Crippen molar-refractivity contribution in [2.24, 2.45) is 0 Å². The first kappa shape index (κ1) is 16.9. The SMILES string of the molecule is CCNC(=O)c1ccc([N+](=O)[O-])c(NC(C)CCCO)c1. The lowest BCUT2D eigenvalue weighted by atomic mass is 10.1. The molecular formula is C14H21N3O4. The van der Waals surface area contributed by atoms with E-state index in [4.69, 9.17) is 5.11 Å². The zero-order valence-electron chi connectivity index (χ0n) is 12.3. The highest BCUT2D eigenvalue weighted by molar-refractivity contribution is 5.95. The Kier molecular flexibility index (Phi) is 6.61. The summed E-state index contributed by atoms with van der Waals surface area (Å²) in [4.78, 5) is 22.4.